The largest absolute Gasteiger partial charge is 0.436 e. The van der Waals surface area contributed by atoms with Crippen molar-refractivity contribution in [3.63, 3.8) is 0 Å². The van der Waals surface area contributed by atoms with Crippen LogP contribution in [0.15, 0.2) is 77.2 Å². The van der Waals surface area contributed by atoms with Crippen LogP contribution in [-0.2, 0) is 0 Å². The molecule has 0 aliphatic heterocycles. The van der Waals surface area contributed by atoms with E-state index in [4.69, 9.17) is 4.42 Å². The van der Waals surface area contributed by atoms with Crippen molar-refractivity contribution in [3.8, 4) is 17.2 Å². The molecule has 0 atom stereocenters. The average Bonchev–Trinajstić information content (AvgIpc) is 3.13. The van der Waals surface area contributed by atoms with Gasteiger partial charge in [-0.15, -0.1) is 0 Å². The monoisotopic (exact) mass is 380 g/mol. The molecular weight excluding hydrogens is 366 g/mol. The lowest BCUT2D eigenvalue weighted by molar-refractivity contribution is -0.0498. The summed E-state index contributed by atoms with van der Waals surface area (Å²) in [6.45, 7) is -2.90. The number of hydrogen-bond donors (Lipinski definition) is 1. The van der Waals surface area contributed by atoms with Gasteiger partial charge in [0.05, 0.1) is 0 Å². The van der Waals surface area contributed by atoms with Gasteiger partial charge in [-0.1, -0.05) is 12.1 Å². The van der Waals surface area contributed by atoms with Gasteiger partial charge in [-0.05, 0) is 60.7 Å². The summed E-state index contributed by atoms with van der Waals surface area (Å²) in [6.07, 6.45) is 0. The lowest BCUT2D eigenvalue weighted by atomic mass is 10.1. The van der Waals surface area contributed by atoms with Gasteiger partial charge in [0.2, 0.25) is 5.89 Å². The summed E-state index contributed by atoms with van der Waals surface area (Å²) in [6, 6.07) is 20.0. The molecule has 28 heavy (non-hydrogen) atoms. The number of alkyl halides is 2. The minimum absolute atomic E-state index is 0.00534. The molecule has 7 heteroatoms. The van der Waals surface area contributed by atoms with Gasteiger partial charge in [0.25, 0.3) is 5.91 Å². The van der Waals surface area contributed by atoms with Gasteiger partial charge in [0.1, 0.15) is 11.3 Å². The van der Waals surface area contributed by atoms with Crippen molar-refractivity contribution in [2.75, 3.05) is 5.32 Å². The van der Waals surface area contributed by atoms with Crippen LogP contribution in [0.3, 0.4) is 0 Å². The molecule has 1 heterocycles. The van der Waals surface area contributed by atoms with Gasteiger partial charge in [-0.2, -0.15) is 8.78 Å². The maximum absolute atomic E-state index is 12.3. The van der Waals surface area contributed by atoms with Crippen molar-refractivity contribution >= 4 is 22.7 Å². The first kappa shape index (κ1) is 17.7. The second kappa shape index (κ2) is 7.48. The molecule has 0 radical (unpaired) electrons. The third-order valence-electron chi connectivity index (χ3n) is 4.03. The van der Waals surface area contributed by atoms with Crippen LogP contribution in [0, 0.1) is 0 Å². The Hall–Kier alpha value is -3.74. The Kier molecular flexibility index (Phi) is 4.72. The molecule has 0 spiro atoms. The summed E-state index contributed by atoms with van der Waals surface area (Å²) >= 11 is 0. The standard InChI is InChI=1S/C21H14F2N2O3/c22-21(23)27-16-11-7-13(8-12-16)19(26)24-15-9-5-14(6-10-15)20-25-17-3-1-2-4-18(17)28-20/h1-12,21H,(H,24,26). The molecule has 0 bridgehead atoms. The van der Waals surface area contributed by atoms with Gasteiger partial charge < -0.3 is 14.5 Å². The smallest absolute Gasteiger partial charge is 0.387 e. The van der Waals surface area contributed by atoms with E-state index in [2.05, 4.69) is 15.0 Å². The lowest BCUT2D eigenvalue weighted by Crippen LogP contribution is -2.11. The molecule has 1 amide bonds. The van der Waals surface area contributed by atoms with E-state index in [0.717, 1.165) is 11.1 Å². The van der Waals surface area contributed by atoms with Crippen LogP contribution < -0.4 is 10.1 Å². The zero-order chi connectivity index (χ0) is 19.5. The first-order valence-electron chi connectivity index (χ1n) is 8.41. The minimum atomic E-state index is -2.90. The molecule has 1 aromatic heterocycles. The average molecular weight is 380 g/mol. The number of para-hydroxylation sites is 2. The zero-order valence-electron chi connectivity index (χ0n) is 14.4. The number of fused-ring (bicyclic) bond motifs is 1. The van der Waals surface area contributed by atoms with Gasteiger partial charge in [0, 0.05) is 16.8 Å². The van der Waals surface area contributed by atoms with Crippen molar-refractivity contribution in [1.82, 2.24) is 4.98 Å². The maximum Gasteiger partial charge on any atom is 0.387 e. The second-order valence-corrected chi connectivity index (χ2v) is 5.92. The molecule has 0 unspecified atom stereocenters. The Bertz CT molecular complexity index is 1070. The van der Waals surface area contributed by atoms with Crippen LogP contribution in [0.4, 0.5) is 14.5 Å². The molecule has 4 rings (SSSR count). The molecule has 5 nitrogen and oxygen atoms in total. The Morgan fingerprint density at radius 1 is 0.964 bits per heavy atom. The van der Waals surface area contributed by atoms with E-state index >= 15 is 0 Å². The summed E-state index contributed by atoms with van der Waals surface area (Å²) in [4.78, 5) is 16.7. The topological polar surface area (TPSA) is 64.4 Å². The Morgan fingerprint density at radius 2 is 1.68 bits per heavy atom. The fraction of sp³-hybridized carbons (Fsp3) is 0.0476. The number of nitrogens with zero attached hydrogens (tertiary/aromatic N) is 1. The van der Waals surface area contributed by atoms with E-state index in [9.17, 15) is 13.6 Å². The molecule has 3 aromatic carbocycles. The normalized spacial score (nSPS) is 11.0. The highest BCUT2D eigenvalue weighted by molar-refractivity contribution is 6.04. The number of benzene rings is 3. The van der Waals surface area contributed by atoms with E-state index in [-0.39, 0.29) is 11.7 Å². The number of amides is 1. The molecule has 140 valence electrons. The number of ether oxygens (including phenoxy) is 1. The van der Waals surface area contributed by atoms with E-state index in [1.165, 1.54) is 24.3 Å². The molecular formula is C21H14F2N2O3. The number of aromatic nitrogens is 1. The van der Waals surface area contributed by atoms with Crippen LogP contribution in [0.1, 0.15) is 10.4 Å². The predicted molar refractivity (Wildman–Crippen MR) is 100 cm³/mol. The molecule has 0 saturated carbocycles. The first-order chi connectivity index (χ1) is 13.6. The van der Waals surface area contributed by atoms with Crippen molar-refractivity contribution in [2.24, 2.45) is 0 Å². The molecule has 1 N–H and O–H groups in total. The SMILES string of the molecule is O=C(Nc1ccc(-c2nc3ccccc3o2)cc1)c1ccc(OC(F)F)cc1. The number of oxazole rings is 1. The lowest BCUT2D eigenvalue weighted by Gasteiger charge is -2.07. The number of halogens is 2. The van der Waals surface area contributed by atoms with Crippen LogP contribution in [0.5, 0.6) is 5.75 Å². The molecule has 0 fully saturated rings. The van der Waals surface area contributed by atoms with E-state index in [1.807, 2.05) is 24.3 Å². The predicted octanol–water partition coefficient (Wildman–Crippen LogP) is 5.35. The molecule has 0 aliphatic carbocycles. The second-order valence-electron chi connectivity index (χ2n) is 5.92. The number of hydrogen-bond acceptors (Lipinski definition) is 4. The van der Waals surface area contributed by atoms with Crippen molar-refractivity contribution in [1.29, 1.82) is 0 Å². The Morgan fingerprint density at radius 3 is 2.36 bits per heavy atom. The van der Waals surface area contributed by atoms with Crippen LogP contribution >= 0.6 is 0 Å². The third kappa shape index (κ3) is 3.83. The third-order valence-corrected chi connectivity index (χ3v) is 4.03. The Balaban J connectivity index is 1.46. The molecule has 0 saturated heterocycles. The molecule has 0 aliphatic rings. The highest BCUT2D eigenvalue weighted by atomic mass is 19.3. The summed E-state index contributed by atoms with van der Waals surface area (Å²) in [7, 11) is 0. The van der Waals surface area contributed by atoms with Crippen molar-refractivity contribution < 1.29 is 22.7 Å². The fourth-order valence-corrected chi connectivity index (χ4v) is 2.68. The summed E-state index contributed by atoms with van der Waals surface area (Å²) in [5.74, 6) is 0.126. The summed E-state index contributed by atoms with van der Waals surface area (Å²) in [5.41, 5.74) is 3.16. The summed E-state index contributed by atoms with van der Waals surface area (Å²) < 4.78 is 34.3. The number of nitrogens with one attached hydrogen (secondary N) is 1. The quantitative estimate of drug-likeness (QED) is 0.507. The number of carbonyl (C=O) groups is 1. The number of carbonyl (C=O) groups excluding carboxylic acids is 1. The maximum atomic E-state index is 12.3. The van der Waals surface area contributed by atoms with Crippen LogP contribution in [0.25, 0.3) is 22.6 Å². The number of rotatable bonds is 5. The highest BCUT2D eigenvalue weighted by Crippen LogP contribution is 2.25. The Labute approximate surface area is 158 Å². The first-order valence-corrected chi connectivity index (χ1v) is 8.41. The zero-order valence-corrected chi connectivity index (χ0v) is 14.4. The van der Waals surface area contributed by atoms with E-state index in [0.29, 0.717) is 22.7 Å². The van der Waals surface area contributed by atoms with Crippen molar-refractivity contribution in [2.45, 2.75) is 6.61 Å². The highest BCUT2D eigenvalue weighted by Gasteiger charge is 2.10. The van der Waals surface area contributed by atoms with Crippen molar-refractivity contribution in [3.05, 3.63) is 78.4 Å². The fourth-order valence-electron chi connectivity index (χ4n) is 2.68. The number of anilines is 1. The van der Waals surface area contributed by atoms with Gasteiger partial charge >= 0.3 is 6.61 Å². The summed E-state index contributed by atoms with van der Waals surface area (Å²) in [5, 5.41) is 2.74. The van der Waals surface area contributed by atoms with E-state index in [1.54, 1.807) is 24.3 Å². The minimum Gasteiger partial charge on any atom is -0.436 e. The van der Waals surface area contributed by atoms with E-state index < -0.39 is 6.61 Å². The van der Waals surface area contributed by atoms with Gasteiger partial charge in [-0.25, -0.2) is 4.98 Å². The van der Waals surface area contributed by atoms with Gasteiger partial charge in [-0.3, -0.25) is 4.79 Å². The van der Waals surface area contributed by atoms with Gasteiger partial charge in [0.15, 0.2) is 5.58 Å². The van der Waals surface area contributed by atoms with Crippen LogP contribution in [-0.4, -0.2) is 17.5 Å². The molecule has 4 aromatic rings. The van der Waals surface area contributed by atoms with Crippen LogP contribution in [0.2, 0.25) is 0 Å².